The van der Waals surface area contributed by atoms with Gasteiger partial charge in [0.25, 0.3) is 0 Å². The third kappa shape index (κ3) is 3.76. The Morgan fingerprint density at radius 2 is 1.88 bits per heavy atom. The van der Waals surface area contributed by atoms with Crippen LogP contribution < -0.4 is 10.6 Å². The van der Waals surface area contributed by atoms with Crippen molar-refractivity contribution in [1.82, 2.24) is 10.3 Å². The molecule has 2 aromatic rings. The van der Waals surface area contributed by atoms with Crippen LogP contribution in [0.15, 0.2) is 48.8 Å². The van der Waals surface area contributed by atoms with Gasteiger partial charge in [-0.1, -0.05) is 18.6 Å². The highest BCUT2D eigenvalue weighted by molar-refractivity contribution is 6.39. The molecule has 6 heteroatoms. The summed E-state index contributed by atoms with van der Waals surface area (Å²) in [5.74, 6) is -1.51. The van der Waals surface area contributed by atoms with Gasteiger partial charge in [-0.2, -0.15) is 0 Å². The van der Waals surface area contributed by atoms with Gasteiger partial charge in [0.1, 0.15) is 5.82 Å². The summed E-state index contributed by atoms with van der Waals surface area (Å²) in [4.78, 5) is 28.2. The Bertz CT molecular complexity index is 715. The maximum absolute atomic E-state index is 13.1. The summed E-state index contributed by atoms with van der Waals surface area (Å²) in [6.07, 6.45) is 6.10. The van der Waals surface area contributed by atoms with E-state index in [4.69, 9.17) is 0 Å². The molecule has 1 aromatic carbocycles. The molecular weight excluding hydrogens is 309 g/mol. The highest BCUT2D eigenvalue weighted by Crippen LogP contribution is 2.37. The van der Waals surface area contributed by atoms with Crippen molar-refractivity contribution >= 4 is 17.5 Å². The summed E-state index contributed by atoms with van der Waals surface area (Å²) in [5, 5.41) is 5.29. The van der Waals surface area contributed by atoms with Gasteiger partial charge < -0.3 is 10.6 Å². The highest BCUT2D eigenvalue weighted by Gasteiger charge is 2.31. The zero-order valence-electron chi connectivity index (χ0n) is 13.0. The van der Waals surface area contributed by atoms with Crippen LogP contribution >= 0.6 is 0 Å². The first kappa shape index (κ1) is 16.1. The lowest BCUT2D eigenvalue weighted by Crippen LogP contribution is -2.41. The molecule has 0 unspecified atom stereocenters. The quantitative estimate of drug-likeness (QED) is 0.848. The molecule has 24 heavy (non-hydrogen) atoms. The molecule has 0 aliphatic heterocycles. The molecule has 1 fully saturated rings. The molecule has 2 amide bonds. The van der Waals surface area contributed by atoms with Gasteiger partial charge in [0, 0.05) is 6.20 Å². The number of aromatic nitrogens is 1. The predicted octanol–water partition coefficient (Wildman–Crippen LogP) is 2.82. The van der Waals surface area contributed by atoms with Crippen LogP contribution in [-0.2, 0) is 9.59 Å². The first-order valence-corrected chi connectivity index (χ1v) is 7.91. The molecule has 5 nitrogen and oxygen atoms in total. The van der Waals surface area contributed by atoms with Crippen molar-refractivity contribution in [3.05, 3.63) is 60.2 Å². The van der Waals surface area contributed by atoms with E-state index in [2.05, 4.69) is 15.6 Å². The lowest BCUT2D eigenvalue weighted by molar-refractivity contribution is -0.137. The van der Waals surface area contributed by atoms with Crippen molar-refractivity contribution in [3.63, 3.8) is 0 Å². The van der Waals surface area contributed by atoms with Crippen LogP contribution in [0, 0.1) is 11.7 Å². The molecule has 0 bridgehead atoms. The van der Waals surface area contributed by atoms with Crippen molar-refractivity contribution in [1.29, 1.82) is 0 Å². The first-order chi connectivity index (χ1) is 11.6. The monoisotopic (exact) mass is 327 g/mol. The van der Waals surface area contributed by atoms with Crippen molar-refractivity contribution in [2.24, 2.45) is 5.92 Å². The highest BCUT2D eigenvalue weighted by atomic mass is 19.1. The number of hydrogen-bond donors (Lipinski definition) is 2. The van der Waals surface area contributed by atoms with E-state index in [1.54, 1.807) is 30.5 Å². The molecule has 0 spiro atoms. The number of benzene rings is 1. The molecule has 0 radical (unpaired) electrons. The Hall–Kier alpha value is -2.76. The van der Waals surface area contributed by atoms with Crippen LogP contribution in [0.1, 0.15) is 30.9 Å². The van der Waals surface area contributed by atoms with Crippen LogP contribution in [0.5, 0.6) is 0 Å². The van der Waals surface area contributed by atoms with E-state index < -0.39 is 11.8 Å². The largest absolute Gasteiger partial charge is 0.341 e. The van der Waals surface area contributed by atoms with Gasteiger partial charge in [-0.05, 0) is 48.6 Å². The molecule has 1 aliphatic carbocycles. The van der Waals surface area contributed by atoms with E-state index in [1.165, 1.54) is 18.3 Å². The van der Waals surface area contributed by atoms with Crippen molar-refractivity contribution < 1.29 is 14.0 Å². The number of hydrogen-bond acceptors (Lipinski definition) is 3. The minimum Gasteiger partial charge on any atom is -0.341 e. The standard InChI is InChI=1S/C18H18FN3O2/c19-14-8-6-13(7-9-14)16(12-3-1-4-12)22-18(24)17(23)21-15-5-2-10-20-11-15/h2,5-12,16H,1,3-4H2,(H,21,23)(H,22,24)/t16-/m1/s1. The maximum atomic E-state index is 13.1. The molecule has 0 saturated heterocycles. The molecule has 124 valence electrons. The minimum absolute atomic E-state index is 0.269. The second kappa shape index (κ2) is 7.21. The number of carbonyl (C=O) groups excluding carboxylic acids is 2. The van der Waals surface area contributed by atoms with E-state index in [1.807, 2.05) is 0 Å². The smallest absolute Gasteiger partial charge is 0.313 e. The zero-order chi connectivity index (χ0) is 16.9. The van der Waals surface area contributed by atoms with E-state index >= 15 is 0 Å². The molecule has 1 atom stereocenters. The summed E-state index contributed by atoms with van der Waals surface area (Å²) >= 11 is 0. The van der Waals surface area contributed by atoms with Crippen molar-refractivity contribution in [3.8, 4) is 0 Å². The number of nitrogens with zero attached hydrogens (tertiary/aromatic N) is 1. The SMILES string of the molecule is O=C(Nc1cccnc1)C(=O)N[C@@H](c1ccc(F)cc1)C1CCC1. The number of rotatable bonds is 4. The zero-order valence-corrected chi connectivity index (χ0v) is 13.0. The number of halogens is 1. The second-order valence-corrected chi connectivity index (χ2v) is 5.89. The van der Waals surface area contributed by atoms with Crippen molar-refractivity contribution in [2.75, 3.05) is 5.32 Å². The summed E-state index contributed by atoms with van der Waals surface area (Å²) in [6.45, 7) is 0. The fourth-order valence-corrected chi connectivity index (χ4v) is 2.75. The Labute approximate surface area is 139 Å². The van der Waals surface area contributed by atoms with Gasteiger partial charge in [0.05, 0.1) is 17.9 Å². The molecule has 1 heterocycles. The van der Waals surface area contributed by atoms with Crippen molar-refractivity contribution in [2.45, 2.75) is 25.3 Å². The lowest BCUT2D eigenvalue weighted by Gasteiger charge is -2.34. The molecule has 1 aliphatic rings. The number of anilines is 1. The Morgan fingerprint density at radius 1 is 1.12 bits per heavy atom. The fraction of sp³-hybridized carbons (Fsp3) is 0.278. The second-order valence-electron chi connectivity index (χ2n) is 5.89. The summed E-state index contributed by atoms with van der Waals surface area (Å²) in [6, 6.07) is 9.07. The molecule has 2 N–H and O–H groups in total. The maximum Gasteiger partial charge on any atom is 0.313 e. The Balaban J connectivity index is 1.69. The number of nitrogens with one attached hydrogen (secondary N) is 2. The van der Waals surface area contributed by atoms with Gasteiger partial charge in [0.2, 0.25) is 0 Å². The minimum atomic E-state index is -0.741. The van der Waals surface area contributed by atoms with Crippen LogP contribution in [0.4, 0.5) is 10.1 Å². The van der Waals surface area contributed by atoms with E-state index in [9.17, 15) is 14.0 Å². The van der Waals surface area contributed by atoms with Crippen LogP contribution in [0.2, 0.25) is 0 Å². The fourth-order valence-electron chi connectivity index (χ4n) is 2.75. The van der Waals surface area contributed by atoms with Gasteiger partial charge in [-0.3, -0.25) is 14.6 Å². The average Bonchev–Trinajstić information content (AvgIpc) is 2.54. The normalized spacial score (nSPS) is 15.2. The third-order valence-electron chi connectivity index (χ3n) is 4.26. The Kier molecular flexibility index (Phi) is 4.84. The number of amides is 2. The third-order valence-corrected chi connectivity index (χ3v) is 4.26. The van der Waals surface area contributed by atoms with E-state index in [0.29, 0.717) is 5.69 Å². The molecule has 1 saturated carbocycles. The summed E-state index contributed by atoms with van der Waals surface area (Å²) in [5.41, 5.74) is 1.27. The number of carbonyl (C=O) groups is 2. The molecule has 3 rings (SSSR count). The van der Waals surface area contributed by atoms with Gasteiger partial charge in [-0.15, -0.1) is 0 Å². The molecular formula is C18H18FN3O2. The summed E-state index contributed by atoms with van der Waals surface area (Å²) in [7, 11) is 0. The number of pyridine rings is 1. The molecule has 1 aromatic heterocycles. The van der Waals surface area contributed by atoms with Gasteiger partial charge in [-0.25, -0.2) is 4.39 Å². The van der Waals surface area contributed by atoms with E-state index in [0.717, 1.165) is 24.8 Å². The summed E-state index contributed by atoms with van der Waals surface area (Å²) < 4.78 is 13.1. The topological polar surface area (TPSA) is 71.1 Å². The van der Waals surface area contributed by atoms with Gasteiger partial charge in [0.15, 0.2) is 0 Å². The predicted molar refractivity (Wildman–Crippen MR) is 87.5 cm³/mol. The first-order valence-electron chi connectivity index (χ1n) is 7.91. The van der Waals surface area contributed by atoms with E-state index in [-0.39, 0.29) is 17.8 Å². The average molecular weight is 327 g/mol. The van der Waals surface area contributed by atoms with Gasteiger partial charge >= 0.3 is 11.8 Å². The van der Waals surface area contributed by atoms with Crippen LogP contribution in [0.3, 0.4) is 0 Å². The lowest BCUT2D eigenvalue weighted by atomic mass is 9.77. The van der Waals surface area contributed by atoms with Crippen LogP contribution in [-0.4, -0.2) is 16.8 Å². The Morgan fingerprint density at radius 3 is 2.46 bits per heavy atom. The van der Waals surface area contributed by atoms with Crippen LogP contribution in [0.25, 0.3) is 0 Å².